The van der Waals surface area contributed by atoms with Crippen molar-refractivity contribution in [2.45, 2.75) is 19.4 Å². The highest BCUT2D eigenvalue weighted by Crippen LogP contribution is 2.34. The highest BCUT2D eigenvalue weighted by atomic mass is 16.5. The zero-order valence-electron chi connectivity index (χ0n) is 9.93. The summed E-state index contributed by atoms with van der Waals surface area (Å²) in [4.78, 5) is 14.3. The van der Waals surface area contributed by atoms with Crippen LogP contribution in [0.2, 0.25) is 0 Å². The fraction of sp³-hybridized carbons (Fsp3) is 0.667. The smallest absolute Gasteiger partial charge is 0.276 e. The second-order valence-corrected chi connectivity index (χ2v) is 4.90. The largest absolute Gasteiger partial charge is 0.364 e. The van der Waals surface area contributed by atoms with Crippen LogP contribution in [0, 0.1) is 11.8 Å². The van der Waals surface area contributed by atoms with Gasteiger partial charge in [-0.05, 0) is 18.3 Å². The molecule has 3 unspecified atom stereocenters. The number of hydrogen-bond donors (Lipinski definition) is 1. The molecule has 0 saturated carbocycles. The van der Waals surface area contributed by atoms with Gasteiger partial charge in [-0.15, -0.1) is 0 Å². The zero-order valence-corrected chi connectivity index (χ0v) is 9.93. The molecule has 0 aromatic carbocycles. The van der Waals surface area contributed by atoms with Crippen LogP contribution in [0.3, 0.4) is 0 Å². The minimum absolute atomic E-state index is 0.0139. The lowest BCUT2D eigenvalue weighted by atomic mass is 9.93. The average molecular weight is 235 g/mol. The van der Waals surface area contributed by atoms with Gasteiger partial charge < -0.3 is 14.7 Å². The first-order valence-corrected chi connectivity index (χ1v) is 6.23. The molecule has 0 radical (unpaired) electrons. The number of likely N-dealkylation sites (tertiary alicyclic amines) is 1. The van der Waals surface area contributed by atoms with Gasteiger partial charge in [-0.25, -0.2) is 0 Å². The molecule has 0 aliphatic carbocycles. The molecule has 2 saturated heterocycles. The Balaban J connectivity index is 1.81. The lowest BCUT2D eigenvalue weighted by Crippen LogP contribution is -2.39. The number of amides is 1. The Labute approximate surface area is 100 Å². The molecule has 92 valence electrons. The molecule has 2 aliphatic heterocycles. The summed E-state index contributed by atoms with van der Waals surface area (Å²) < 4.78 is 4.75. The summed E-state index contributed by atoms with van der Waals surface area (Å²) in [6, 6.07) is 1.99. The van der Waals surface area contributed by atoms with Crippen molar-refractivity contribution in [2.75, 3.05) is 19.6 Å². The van der Waals surface area contributed by atoms with Gasteiger partial charge >= 0.3 is 0 Å². The maximum absolute atomic E-state index is 12.3. The highest BCUT2D eigenvalue weighted by molar-refractivity contribution is 5.92. The highest BCUT2D eigenvalue weighted by Gasteiger charge is 2.45. The van der Waals surface area contributed by atoms with Crippen LogP contribution in [0.4, 0.5) is 0 Å². The number of aromatic nitrogens is 1. The summed E-state index contributed by atoms with van der Waals surface area (Å²) in [6.07, 6.45) is 2.46. The van der Waals surface area contributed by atoms with Crippen molar-refractivity contribution in [1.29, 1.82) is 0 Å². The zero-order chi connectivity index (χ0) is 11.8. The third-order valence-electron chi connectivity index (χ3n) is 4.05. The van der Waals surface area contributed by atoms with Crippen LogP contribution in [0.25, 0.3) is 0 Å². The Hall–Kier alpha value is -1.36. The molecule has 3 rings (SSSR count). The molecule has 3 heterocycles. The summed E-state index contributed by atoms with van der Waals surface area (Å²) in [5.74, 6) is 1.23. The molecule has 1 amide bonds. The van der Waals surface area contributed by atoms with Crippen LogP contribution in [-0.2, 0) is 0 Å². The van der Waals surface area contributed by atoms with Gasteiger partial charge in [-0.3, -0.25) is 4.79 Å². The lowest BCUT2D eigenvalue weighted by Gasteiger charge is -2.26. The minimum atomic E-state index is 0.0139. The SMILES string of the molecule is CCC1C2CNCC2CN1C(=O)c1ccon1. The van der Waals surface area contributed by atoms with Gasteiger partial charge in [-0.1, -0.05) is 12.1 Å². The maximum atomic E-state index is 12.3. The van der Waals surface area contributed by atoms with Gasteiger partial charge in [0.1, 0.15) is 6.26 Å². The van der Waals surface area contributed by atoms with Crippen molar-refractivity contribution in [3.63, 3.8) is 0 Å². The van der Waals surface area contributed by atoms with E-state index in [1.807, 2.05) is 4.90 Å². The van der Waals surface area contributed by atoms with Gasteiger partial charge in [0.05, 0.1) is 0 Å². The Bertz CT molecular complexity index is 404. The van der Waals surface area contributed by atoms with E-state index in [2.05, 4.69) is 17.4 Å². The first-order valence-electron chi connectivity index (χ1n) is 6.23. The lowest BCUT2D eigenvalue weighted by molar-refractivity contribution is 0.0701. The summed E-state index contributed by atoms with van der Waals surface area (Å²) in [7, 11) is 0. The fourth-order valence-corrected chi connectivity index (χ4v) is 3.25. The van der Waals surface area contributed by atoms with Gasteiger partial charge in [0, 0.05) is 31.7 Å². The van der Waals surface area contributed by atoms with Crippen molar-refractivity contribution in [1.82, 2.24) is 15.4 Å². The number of carbonyl (C=O) groups excluding carboxylic acids is 1. The Morgan fingerprint density at radius 1 is 1.65 bits per heavy atom. The molecule has 5 heteroatoms. The number of rotatable bonds is 2. The second kappa shape index (κ2) is 4.14. The molecule has 1 aromatic heterocycles. The van der Waals surface area contributed by atoms with E-state index in [9.17, 15) is 4.79 Å². The number of carbonyl (C=O) groups is 1. The van der Waals surface area contributed by atoms with Crippen molar-refractivity contribution >= 4 is 5.91 Å². The molecule has 2 aliphatic rings. The average Bonchev–Trinajstić information content (AvgIpc) is 3.03. The fourth-order valence-electron chi connectivity index (χ4n) is 3.25. The molecule has 17 heavy (non-hydrogen) atoms. The van der Waals surface area contributed by atoms with E-state index in [0.29, 0.717) is 23.6 Å². The number of nitrogens with zero attached hydrogens (tertiary/aromatic N) is 2. The van der Waals surface area contributed by atoms with Gasteiger partial charge in [-0.2, -0.15) is 0 Å². The summed E-state index contributed by atoms with van der Waals surface area (Å²) in [5.41, 5.74) is 0.427. The van der Waals surface area contributed by atoms with Crippen LogP contribution in [0.5, 0.6) is 0 Å². The van der Waals surface area contributed by atoms with Crippen molar-refractivity contribution < 1.29 is 9.32 Å². The first kappa shape index (κ1) is 10.8. The van der Waals surface area contributed by atoms with Crippen molar-refractivity contribution in [2.24, 2.45) is 11.8 Å². The molecule has 0 bridgehead atoms. The Kier molecular flexibility index (Phi) is 2.63. The van der Waals surface area contributed by atoms with Crippen LogP contribution >= 0.6 is 0 Å². The monoisotopic (exact) mass is 235 g/mol. The number of hydrogen-bond acceptors (Lipinski definition) is 4. The minimum Gasteiger partial charge on any atom is -0.364 e. The molecule has 5 nitrogen and oxygen atoms in total. The van der Waals surface area contributed by atoms with Crippen LogP contribution in [-0.4, -0.2) is 41.6 Å². The summed E-state index contributed by atoms with van der Waals surface area (Å²) in [5, 5.41) is 7.15. The quantitative estimate of drug-likeness (QED) is 0.821. The van der Waals surface area contributed by atoms with Crippen LogP contribution in [0.15, 0.2) is 16.9 Å². The second-order valence-electron chi connectivity index (χ2n) is 4.90. The topological polar surface area (TPSA) is 58.4 Å². The van der Waals surface area contributed by atoms with Gasteiger partial charge in [0.25, 0.3) is 5.91 Å². The summed E-state index contributed by atoms with van der Waals surface area (Å²) in [6.45, 7) is 5.06. The van der Waals surface area contributed by atoms with E-state index in [4.69, 9.17) is 4.52 Å². The van der Waals surface area contributed by atoms with E-state index in [1.54, 1.807) is 6.07 Å². The van der Waals surface area contributed by atoms with Crippen LogP contribution in [0.1, 0.15) is 23.8 Å². The molecular weight excluding hydrogens is 218 g/mol. The Morgan fingerprint density at radius 3 is 3.24 bits per heavy atom. The maximum Gasteiger partial charge on any atom is 0.276 e. The molecule has 2 fully saturated rings. The van der Waals surface area contributed by atoms with E-state index in [0.717, 1.165) is 26.1 Å². The van der Waals surface area contributed by atoms with Crippen molar-refractivity contribution in [3.8, 4) is 0 Å². The normalized spacial score (nSPS) is 31.8. The third-order valence-corrected chi connectivity index (χ3v) is 4.05. The Morgan fingerprint density at radius 2 is 2.53 bits per heavy atom. The predicted octanol–water partition coefficient (Wildman–Crippen LogP) is 0.745. The van der Waals surface area contributed by atoms with Crippen LogP contribution < -0.4 is 5.32 Å². The number of fused-ring (bicyclic) bond motifs is 1. The molecule has 3 atom stereocenters. The van der Waals surface area contributed by atoms with E-state index in [-0.39, 0.29) is 5.91 Å². The number of nitrogens with one attached hydrogen (secondary N) is 1. The standard InChI is InChI=1S/C12H17N3O2/c1-2-11-9-6-13-5-8(9)7-15(11)12(16)10-3-4-17-14-10/h3-4,8-9,11,13H,2,5-7H2,1H3. The molecule has 1 aromatic rings. The van der Waals surface area contributed by atoms with E-state index >= 15 is 0 Å². The third kappa shape index (κ3) is 1.65. The van der Waals surface area contributed by atoms with E-state index < -0.39 is 0 Å². The van der Waals surface area contributed by atoms with Gasteiger partial charge in [0.15, 0.2) is 5.69 Å². The first-order chi connectivity index (χ1) is 8.31. The molecule has 1 N–H and O–H groups in total. The molecule has 0 spiro atoms. The van der Waals surface area contributed by atoms with Crippen molar-refractivity contribution in [3.05, 3.63) is 18.0 Å². The summed E-state index contributed by atoms with van der Waals surface area (Å²) >= 11 is 0. The van der Waals surface area contributed by atoms with E-state index in [1.165, 1.54) is 6.26 Å². The van der Waals surface area contributed by atoms with Gasteiger partial charge in [0.2, 0.25) is 0 Å². The molecular formula is C12H17N3O2. The predicted molar refractivity (Wildman–Crippen MR) is 61.5 cm³/mol.